The van der Waals surface area contributed by atoms with Crippen LogP contribution in [0.15, 0.2) is 18.2 Å². The minimum absolute atomic E-state index is 0.266. The maximum atomic E-state index is 6.02. The zero-order valence-corrected chi connectivity index (χ0v) is 12.8. The second kappa shape index (κ2) is 6.95. The molecule has 1 saturated heterocycles. The number of nitrogens with zero attached hydrogens (tertiary/aromatic N) is 1. The molecule has 0 bridgehead atoms. The Kier molecular flexibility index (Phi) is 5.26. The first-order chi connectivity index (χ1) is 9.69. The van der Waals surface area contributed by atoms with Crippen molar-refractivity contribution in [1.82, 2.24) is 4.90 Å². The summed E-state index contributed by atoms with van der Waals surface area (Å²) in [6, 6.07) is 6.37. The fourth-order valence-electron chi connectivity index (χ4n) is 2.90. The number of nitrogens with two attached hydrogens (primary N) is 1. The lowest BCUT2D eigenvalue weighted by Gasteiger charge is -2.36. The number of piperidine rings is 1. The van der Waals surface area contributed by atoms with E-state index in [1.54, 1.807) is 14.2 Å². The average Bonchev–Trinajstić information content (AvgIpc) is 2.49. The summed E-state index contributed by atoms with van der Waals surface area (Å²) in [6.07, 6.45) is 2.51. The summed E-state index contributed by atoms with van der Waals surface area (Å²) in [4.78, 5) is 2.49. The molecular formula is C16H26N2O2. The van der Waals surface area contributed by atoms with Gasteiger partial charge in [0.25, 0.3) is 0 Å². The molecule has 4 heteroatoms. The maximum Gasteiger partial charge on any atom is 0.161 e. The van der Waals surface area contributed by atoms with E-state index >= 15 is 0 Å². The molecule has 2 rings (SSSR count). The van der Waals surface area contributed by atoms with Crippen molar-refractivity contribution < 1.29 is 9.47 Å². The Morgan fingerprint density at radius 3 is 2.40 bits per heavy atom. The molecule has 0 unspecified atom stereocenters. The van der Waals surface area contributed by atoms with Gasteiger partial charge < -0.3 is 15.2 Å². The predicted molar refractivity (Wildman–Crippen MR) is 81.3 cm³/mol. The largest absolute Gasteiger partial charge is 0.493 e. The standard InChI is InChI=1S/C16H26N2O2/c1-12-6-8-18(9-7-12)14(11-17)13-4-5-15(19-2)16(10-13)20-3/h4-5,10,12,14H,6-9,11,17H2,1-3H3/t14-/m0/s1. The van der Waals surface area contributed by atoms with Crippen molar-refractivity contribution in [3.8, 4) is 11.5 Å². The number of benzene rings is 1. The highest BCUT2D eigenvalue weighted by molar-refractivity contribution is 5.43. The highest BCUT2D eigenvalue weighted by Gasteiger charge is 2.24. The van der Waals surface area contributed by atoms with Crippen LogP contribution in [0, 0.1) is 5.92 Å². The first kappa shape index (κ1) is 15.1. The maximum absolute atomic E-state index is 6.02. The number of hydrogen-bond acceptors (Lipinski definition) is 4. The molecule has 0 radical (unpaired) electrons. The summed E-state index contributed by atoms with van der Waals surface area (Å²) in [7, 11) is 3.33. The van der Waals surface area contributed by atoms with Crippen molar-refractivity contribution in [3.05, 3.63) is 23.8 Å². The van der Waals surface area contributed by atoms with Crippen LogP contribution in [0.3, 0.4) is 0 Å². The van der Waals surface area contributed by atoms with Gasteiger partial charge in [-0.15, -0.1) is 0 Å². The molecule has 4 nitrogen and oxygen atoms in total. The molecule has 1 aromatic carbocycles. The number of likely N-dealkylation sites (tertiary alicyclic amines) is 1. The molecule has 2 N–H and O–H groups in total. The predicted octanol–water partition coefficient (Wildman–Crippen LogP) is 2.44. The van der Waals surface area contributed by atoms with Crippen LogP contribution in [0.2, 0.25) is 0 Å². The van der Waals surface area contributed by atoms with Crippen LogP contribution < -0.4 is 15.2 Å². The Morgan fingerprint density at radius 1 is 1.20 bits per heavy atom. The Morgan fingerprint density at radius 2 is 1.85 bits per heavy atom. The molecule has 20 heavy (non-hydrogen) atoms. The van der Waals surface area contributed by atoms with Gasteiger partial charge in [-0.2, -0.15) is 0 Å². The topological polar surface area (TPSA) is 47.7 Å². The van der Waals surface area contributed by atoms with Gasteiger partial charge in [0.1, 0.15) is 0 Å². The lowest BCUT2D eigenvalue weighted by molar-refractivity contribution is 0.141. The minimum atomic E-state index is 0.266. The zero-order chi connectivity index (χ0) is 14.5. The normalized spacial score (nSPS) is 18.8. The lowest BCUT2D eigenvalue weighted by atomic mass is 9.95. The third-order valence-electron chi connectivity index (χ3n) is 4.27. The van der Waals surface area contributed by atoms with Crippen LogP contribution in [-0.4, -0.2) is 38.8 Å². The SMILES string of the molecule is COc1ccc([C@H](CN)N2CCC(C)CC2)cc1OC. The molecule has 0 aliphatic carbocycles. The second-order valence-electron chi connectivity index (χ2n) is 5.58. The third kappa shape index (κ3) is 3.25. The van der Waals surface area contributed by atoms with Gasteiger partial charge >= 0.3 is 0 Å². The van der Waals surface area contributed by atoms with E-state index in [9.17, 15) is 0 Å². The molecule has 1 heterocycles. The van der Waals surface area contributed by atoms with E-state index < -0.39 is 0 Å². The molecule has 1 atom stereocenters. The quantitative estimate of drug-likeness (QED) is 0.898. The van der Waals surface area contributed by atoms with Gasteiger partial charge in [0.05, 0.1) is 14.2 Å². The lowest BCUT2D eigenvalue weighted by Crippen LogP contribution is -2.39. The van der Waals surface area contributed by atoms with Crippen LogP contribution >= 0.6 is 0 Å². The van der Waals surface area contributed by atoms with E-state index in [-0.39, 0.29) is 6.04 Å². The van der Waals surface area contributed by atoms with Crippen LogP contribution in [0.4, 0.5) is 0 Å². The monoisotopic (exact) mass is 278 g/mol. The van der Waals surface area contributed by atoms with Crippen LogP contribution in [0.5, 0.6) is 11.5 Å². The van der Waals surface area contributed by atoms with Crippen LogP contribution in [0.25, 0.3) is 0 Å². The van der Waals surface area contributed by atoms with Crippen LogP contribution in [0.1, 0.15) is 31.4 Å². The molecule has 112 valence electrons. The summed E-state index contributed by atoms with van der Waals surface area (Å²) in [5, 5.41) is 0. The highest BCUT2D eigenvalue weighted by Crippen LogP contribution is 2.33. The van der Waals surface area contributed by atoms with Crippen molar-refractivity contribution in [2.45, 2.75) is 25.8 Å². The molecule has 0 saturated carbocycles. The molecule has 0 amide bonds. The molecule has 1 aromatic rings. The van der Waals surface area contributed by atoms with Crippen molar-refractivity contribution in [1.29, 1.82) is 0 Å². The number of hydrogen-bond donors (Lipinski definition) is 1. The van der Waals surface area contributed by atoms with Gasteiger partial charge in [-0.1, -0.05) is 13.0 Å². The molecule has 1 aliphatic heterocycles. The Labute approximate surface area is 121 Å². The van der Waals surface area contributed by atoms with E-state index in [0.29, 0.717) is 6.54 Å². The van der Waals surface area contributed by atoms with Gasteiger partial charge in [0.15, 0.2) is 11.5 Å². The Balaban J connectivity index is 2.18. The average molecular weight is 278 g/mol. The van der Waals surface area contributed by atoms with Crippen molar-refractivity contribution >= 4 is 0 Å². The van der Waals surface area contributed by atoms with Crippen molar-refractivity contribution in [2.24, 2.45) is 11.7 Å². The van der Waals surface area contributed by atoms with E-state index in [1.807, 2.05) is 12.1 Å². The molecule has 0 spiro atoms. The summed E-state index contributed by atoms with van der Waals surface area (Å²) in [5.41, 5.74) is 7.23. The fourth-order valence-corrected chi connectivity index (χ4v) is 2.90. The Bertz CT molecular complexity index is 428. The minimum Gasteiger partial charge on any atom is -0.493 e. The second-order valence-corrected chi connectivity index (χ2v) is 5.58. The first-order valence-electron chi connectivity index (χ1n) is 7.35. The van der Waals surface area contributed by atoms with E-state index in [2.05, 4.69) is 17.9 Å². The molecule has 1 aliphatic rings. The summed E-state index contributed by atoms with van der Waals surface area (Å²) in [6.45, 7) is 5.20. The number of ether oxygens (including phenoxy) is 2. The van der Waals surface area contributed by atoms with E-state index in [0.717, 1.165) is 30.5 Å². The number of methoxy groups -OCH3 is 2. The number of rotatable bonds is 5. The fraction of sp³-hybridized carbons (Fsp3) is 0.625. The molecule has 0 aromatic heterocycles. The van der Waals surface area contributed by atoms with Gasteiger partial charge in [-0.05, 0) is 49.5 Å². The van der Waals surface area contributed by atoms with Gasteiger partial charge in [0, 0.05) is 12.6 Å². The summed E-state index contributed by atoms with van der Waals surface area (Å²) >= 11 is 0. The van der Waals surface area contributed by atoms with Crippen molar-refractivity contribution in [3.63, 3.8) is 0 Å². The summed E-state index contributed by atoms with van der Waals surface area (Å²) < 4.78 is 10.7. The van der Waals surface area contributed by atoms with Crippen LogP contribution in [-0.2, 0) is 0 Å². The molecule has 1 fully saturated rings. The third-order valence-corrected chi connectivity index (χ3v) is 4.27. The Hall–Kier alpha value is -1.26. The van der Waals surface area contributed by atoms with Gasteiger partial charge in [0.2, 0.25) is 0 Å². The summed E-state index contributed by atoms with van der Waals surface area (Å²) in [5.74, 6) is 2.36. The smallest absolute Gasteiger partial charge is 0.161 e. The van der Waals surface area contributed by atoms with Crippen molar-refractivity contribution in [2.75, 3.05) is 33.9 Å². The first-order valence-corrected chi connectivity index (χ1v) is 7.35. The zero-order valence-electron chi connectivity index (χ0n) is 12.8. The van der Waals surface area contributed by atoms with Gasteiger partial charge in [-0.3, -0.25) is 4.90 Å². The van der Waals surface area contributed by atoms with Gasteiger partial charge in [-0.25, -0.2) is 0 Å². The highest BCUT2D eigenvalue weighted by atomic mass is 16.5. The van der Waals surface area contributed by atoms with E-state index in [4.69, 9.17) is 15.2 Å². The van der Waals surface area contributed by atoms with E-state index in [1.165, 1.54) is 18.4 Å². The molecular weight excluding hydrogens is 252 g/mol.